The molecule has 2 aromatic carbocycles. The molecule has 1 unspecified atom stereocenters. The van der Waals surface area contributed by atoms with Crippen LogP contribution in [0, 0.1) is 0 Å². The zero-order valence-corrected chi connectivity index (χ0v) is 20.1. The van der Waals surface area contributed by atoms with E-state index in [0.717, 1.165) is 17.7 Å². The Balaban J connectivity index is 0.00000450. The molecular formula is C23H33IN4O2. The normalized spacial score (nSPS) is 11.9. The molecule has 0 saturated carbocycles. The fraction of sp³-hybridized carbons (Fsp3) is 0.391. The van der Waals surface area contributed by atoms with Gasteiger partial charge in [0.25, 0.3) is 0 Å². The third-order valence-corrected chi connectivity index (χ3v) is 4.52. The summed E-state index contributed by atoms with van der Waals surface area (Å²) in [6.45, 7) is 4.33. The second-order valence-electron chi connectivity index (χ2n) is 6.89. The second-order valence-corrected chi connectivity index (χ2v) is 6.89. The SMILES string of the molecule is CCNC(=NCCC(O)c1ccccc1)NCCC(=O)N(C)Cc1ccccc1.I. The van der Waals surface area contributed by atoms with Gasteiger partial charge in [0.05, 0.1) is 6.10 Å². The van der Waals surface area contributed by atoms with E-state index in [9.17, 15) is 9.90 Å². The Kier molecular flexibility index (Phi) is 12.8. The Hall–Kier alpha value is -2.13. The highest BCUT2D eigenvalue weighted by Gasteiger charge is 2.10. The smallest absolute Gasteiger partial charge is 0.224 e. The van der Waals surface area contributed by atoms with E-state index in [-0.39, 0.29) is 29.9 Å². The van der Waals surface area contributed by atoms with Gasteiger partial charge in [-0.15, -0.1) is 24.0 Å². The van der Waals surface area contributed by atoms with Crippen molar-refractivity contribution in [3.63, 3.8) is 0 Å². The van der Waals surface area contributed by atoms with Gasteiger partial charge >= 0.3 is 0 Å². The van der Waals surface area contributed by atoms with Crippen molar-refractivity contribution >= 4 is 35.8 Å². The molecule has 0 radical (unpaired) electrons. The molecule has 0 heterocycles. The van der Waals surface area contributed by atoms with Crippen LogP contribution in [0.1, 0.15) is 37.0 Å². The molecule has 0 aromatic heterocycles. The van der Waals surface area contributed by atoms with Gasteiger partial charge in [-0.1, -0.05) is 60.7 Å². The molecule has 0 bridgehead atoms. The summed E-state index contributed by atoms with van der Waals surface area (Å²) in [5, 5.41) is 16.6. The van der Waals surface area contributed by atoms with Crippen LogP contribution >= 0.6 is 24.0 Å². The minimum absolute atomic E-state index is 0. The number of hydrogen-bond donors (Lipinski definition) is 3. The number of nitrogens with one attached hydrogen (secondary N) is 2. The van der Waals surface area contributed by atoms with Crippen LogP contribution in [-0.2, 0) is 11.3 Å². The van der Waals surface area contributed by atoms with E-state index in [1.54, 1.807) is 4.90 Å². The number of aliphatic imine (C=N–C) groups is 1. The summed E-state index contributed by atoms with van der Waals surface area (Å²) in [4.78, 5) is 18.6. The molecule has 30 heavy (non-hydrogen) atoms. The van der Waals surface area contributed by atoms with E-state index in [0.29, 0.717) is 38.4 Å². The van der Waals surface area contributed by atoms with Gasteiger partial charge in [0, 0.05) is 39.6 Å². The van der Waals surface area contributed by atoms with Gasteiger partial charge in [0.1, 0.15) is 0 Å². The number of guanidine groups is 1. The number of hydrogen-bond acceptors (Lipinski definition) is 3. The van der Waals surface area contributed by atoms with Gasteiger partial charge < -0.3 is 20.6 Å². The monoisotopic (exact) mass is 524 g/mol. The number of benzene rings is 2. The van der Waals surface area contributed by atoms with E-state index >= 15 is 0 Å². The van der Waals surface area contributed by atoms with E-state index < -0.39 is 6.10 Å². The summed E-state index contributed by atoms with van der Waals surface area (Å²) >= 11 is 0. The molecule has 0 aliphatic rings. The molecule has 1 amide bonds. The number of rotatable bonds is 10. The van der Waals surface area contributed by atoms with E-state index in [1.807, 2.05) is 74.6 Å². The zero-order chi connectivity index (χ0) is 20.9. The molecule has 0 aliphatic carbocycles. The van der Waals surface area contributed by atoms with Crippen LogP contribution in [0.5, 0.6) is 0 Å². The standard InChI is InChI=1S/C23H32N4O2.HI/c1-3-24-23(25-16-14-21(28)20-12-8-5-9-13-20)26-17-15-22(29)27(2)18-19-10-6-4-7-11-19;/h4-13,21,28H,3,14-18H2,1-2H3,(H2,24,25,26);1H. The number of nitrogens with zero attached hydrogens (tertiary/aromatic N) is 2. The lowest BCUT2D eigenvalue weighted by molar-refractivity contribution is -0.130. The maximum atomic E-state index is 12.3. The molecule has 2 aromatic rings. The number of aliphatic hydroxyl groups is 1. The van der Waals surface area contributed by atoms with Crippen molar-refractivity contribution in [1.82, 2.24) is 15.5 Å². The molecular weight excluding hydrogens is 491 g/mol. The van der Waals surface area contributed by atoms with Crippen molar-refractivity contribution in [2.45, 2.75) is 32.4 Å². The molecule has 0 spiro atoms. The molecule has 0 aliphatic heterocycles. The lowest BCUT2D eigenvalue weighted by Crippen LogP contribution is -2.39. The largest absolute Gasteiger partial charge is 0.388 e. The van der Waals surface area contributed by atoms with Gasteiger partial charge in [0.15, 0.2) is 5.96 Å². The lowest BCUT2D eigenvalue weighted by atomic mass is 10.1. The molecule has 2 rings (SSSR count). The van der Waals surface area contributed by atoms with Gasteiger partial charge in [-0.05, 0) is 24.5 Å². The van der Waals surface area contributed by atoms with Crippen molar-refractivity contribution in [2.24, 2.45) is 4.99 Å². The summed E-state index contributed by atoms with van der Waals surface area (Å²) in [6.07, 6.45) is 0.399. The summed E-state index contributed by atoms with van der Waals surface area (Å²) < 4.78 is 0. The average Bonchev–Trinajstić information content (AvgIpc) is 2.74. The van der Waals surface area contributed by atoms with Crippen LogP contribution in [0.2, 0.25) is 0 Å². The van der Waals surface area contributed by atoms with Crippen LogP contribution in [0.3, 0.4) is 0 Å². The predicted octanol–water partition coefficient (Wildman–Crippen LogP) is 3.33. The van der Waals surface area contributed by atoms with Gasteiger partial charge in [-0.2, -0.15) is 0 Å². The van der Waals surface area contributed by atoms with Gasteiger partial charge in [-0.25, -0.2) is 0 Å². The van der Waals surface area contributed by atoms with E-state index in [2.05, 4.69) is 15.6 Å². The van der Waals surface area contributed by atoms with Crippen molar-refractivity contribution < 1.29 is 9.90 Å². The number of halogens is 1. The van der Waals surface area contributed by atoms with Gasteiger partial charge in [0.2, 0.25) is 5.91 Å². The van der Waals surface area contributed by atoms with E-state index in [4.69, 9.17) is 0 Å². The highest BCUT2D eigenvalue weighted by atomic mass is 127. The first-order valence-electron chi connectivity index (χ1n) is 10.1. The lowest BCUT2D eigenvalue weighted by Gasteiger charge is -2.18. The highest BCUT2D eigenvalue weighted by Crippen LogP contribution is 2.15. The van der Waals surface area contributed by atoms with Gasteiger partial charge in [-0.3, -0.25) is 9.79 Å². The van der Waals surface area contributed by atoms with Crippen LogP contribution in [0.25, 0.3) is 0 Å². The molecule has 1 atom stereocenters. The first-order chi connectivity index (χ1) is 14.1. The number of carbonyl (C=O) groups excluding carboxylic acids is 1. The Morgan fingerprint density at radius 1 is 1.07 bits per heavy atom. The van der Waals surface area contributed by atoms with Crippen LogP contribution < -0.4 is 10.6 Å². The number of amides is 1. The predicted molar refractivity (Wildman–Crippen MR) is 133 cm³/mol. The van der Waals surface area contributed by atoms with Crippen LogP contribution in [0.4, 0.5) is 0 Å². The van der Waals surface area contributed by atoms with E-state index in [1.165, 1.54) is 0 Å². The highest BCUT2D eigenvalue weighted by molar-refractivity contribution is 14.0. The summed E-state index contributed by atoms with van der Waals surface area (Å²) in [7, 11) is 1.82. The molecule has 164 valence electrons. The summed E-state index contributed by atoms with van der Waals surface area (Å²) in [5.74, 6) is 0.739. The number of carbonyl (C=O) groups is 1. The molecule has 6 nitrogen and oxygen atoms in total. The molecule has 3 N–H and O–H groups in total. The fourth-order valence-corrected chi connectivity index (χ4v) is 2.91. The Bertz CT molecular complexity index is 756. The zero-order valence-electron chi connectivity index (χ0n) is 17.8. The fourth-order valence-electron chi connectivity index (χ4n) is 2.91. The molecule has 0 saturated heterocycles. The van der Waals surface area contributed by atoms with Crippen molar-refractivity contribution in [2.75, 3.05) is 26.7 Å². The summed E-state index contributed by atoms with van der Waals surface area (Å²) in [5.41, 5.74) is 2.01. The third kappa shape index (κ3) is 9.58. The molecule has 7 heteroatoms. The Labute approximate surface area is 196 Å². The minimum Gasteiger partial charge on any atom is -0.388 e. The van der Waals surface area contributed by atoms with Crippen molar-refractivity contribution in [1.29, 1.82) is 0 Å². The first kappa shape index (κ1) is 25.9. The van der Waals surface area contributed by atoms with Crippen LogP contribution in [-0.4, -0.2) is 48.6 Å². The second kappa shape index (κ2) is 14.8. The quantitative estimate of drug-likeness (QED) is 0.253. The molecule has 0 fully saturated rings. The Morgan fingerprint density at radius 2 is 1.70 bits per heavy atom. The maximum Gasteiger partial charge on any atom is 0.224 e. The number of aliphatic hydroxyl groups excluding tert-OH is 1. The third-order valence-electron chi connectivity index (χ3n) is 4.52. The Morgan fingerprint density at radius 3 is 2.33 bits per heavy atom. The topological polar surface area (TPSA) is 77.0 Å². The van der Waals surface area contributed by atoms with Crippen molar-refractivity contribution in [3.05, 3.63) is 71.8 Å². The average molecular weight is 524 g/mol. The summed E-state index contributed by atoms with van der Waals surface area (Å²) in [6, 6.07) is 19.5. The van der Waals surface area contributed by atoms with Crippen molar-refractivity contribution in [3.8, 4) is 0 Å². The maximum absolute atomic E-state index is 12.3. The first-order valence-corrected chi connectivity index (χ1v) is 10.1. The minimum atomic E-state index is -0.531. The van der Waals surface area contributed by atoms with Crippen LogP contribution in [0.15, 0.2) is 65.7 Å².